The number of amides is 1. The fraction of sp³-hybridized carbons (Fsp3) is 0.308. The highest BCUT2D eigenvalue weighted by atomic mass is 32.1. The maximum atomic E-state index is 12.1. The Morgan fingerprint density at radius 1 is 1.43 bits per heavy atom. The van der Waals surface area contributed by atoms with Crippen LogP contribution in [0.2, 0.25) is 0 Å². The van der Waals surface area contributed by atoms with E-state index >= 15 is 0 Å². The molecule has 0 unspecified atom stereocenters. The quantitative estimate of drug-likeness (QED) is 0.788. The summed E-state index contributed by atoms with van der Waals surface area (Å²) in [6.07, 6.45) is 1.53. The fourth-order valence-corrected chi connectivity index (χ4v) is 2.31. The summed E-state index contributed by atoms with van der Waals surface area (Å²) >= 11 is 1.15. The molecular weight excluding hydrogens is 292 g/mol. The van der Waals surface area contributed by atoms with Crippen molar-refractivity contribution in [3.05, 3.63) is 28.9 Å². The second kappa shape index (κ2) is 7.00. The number of rotatable bonds is 6. The SMILES string of the molecule is COCCOc1ccc(NC(=O)c2sc(N)nc2C)cn1. The molecule has 0 saturated heterocycles. The fourth-order valence-electron chi connectivity index (χ4n) is 1.59. The summed E-state index contributed by atoms with van der Waals surface area (Å²) in [4.78, 5) is 20.7. The maximum absolute atomic E-state index is 12.1. The van der Waals surface area contributed by atoms with Crippen LogP contribution in [0, 0.1) is 6.92 Å². The molecule has 112 valence electrons. The zero-order chi connectivity index (χ0) is 15.2. The van der Waals surface area contributed by atoms with Crippen LogP contribution in [0.5, 0.6) is 5.88 Å². The van der Waals surface area contributed by atoms with E-state index in [9.17, 15) is 4.79 Å². The Morgan fingerprint density at radius 3 is 2.81 bits per heavy atom. The molecule has 0 spiro atoms. The van der Waals surface area contributed by atoms with E-state index in [2.05, 4.69) is 15.3 Å². The van der Waals surface area contributed by atoms with E-state index < -0.39 is 0 Å². The highest BCUT2D eigenvalue weighted by Crippen LogP contribution is 2.21. The smallest absolute Gasteiger partial charge is 0.267 e. The zero-order valence-corrected chi connectivity index (χ0v) is 12.6. The number of nitrogen functional groups attached to an aromatic ring is 1. The van der Waals surface area contributed by atoms with Crippen molar-refractivity contribution < 1.29 is 14.3 Å². The van der Waals surface area contributed by atoms with Crippen LogP contribution in [-0.2, 0) is 4.74 Å². The number of carbonyl (C=O) groups excluding carboxylic acids is 1. The minimum atomic E-state index is -0.253. The molecule has 2 rings (SSSR count). The minimum absolute atomic E-state index is 0.253. The van der Waals surface area contributed by atoms with Gasteiger partial charge in [-0.25, -0.2) is 9.97 Å². The van der Waals surface area contributed by atoms with Crippen LogP contribution in [0.1, 0.15) is 15.4 Å². The number of methoxy groups -OCH3 is 1. The number of aryl methyl sites for hydroxylation is 1. The monoisotopic (exact) mass is 308 g/mol. The Balaban J connectivity index is 1.96. The van der Waals surface area contributed by atoms with Crippen LogP contribution in [0.25, 0.3) is 0 Å². The number of thiazole rings is 1. The molecule has 0 atom stereocenters. The van der Waals surface area contributed by atoms with Crippen LogP contribution in [0.4, 0.5) is 10.8 Å². The third kappa shape index (κ3) is 4.14. The Kier molecular flexibility index (Phi) is 5.07. The van der Waals surface area contributed by atoms with E-state index in [1.165, 1.54) is 6.20 Å². The van der Waals surface area contributed by atoms with E-state index in [4.69, 9.17) is 15.2 Å². The Morgan fingerprint density at radius 2 is 2.24 bits per heavy atom. The van der Waals surface area contributed by atoms with Crippen LogP contribution < -0.4 is 15.8 Å². The highest BCUT2D eigenvalue weighted by molar-refractivity contribution is 7.17. The predicted octanol–water partition coefficient (Wildman–Crippen LogP) is 1.71. The molecule has 2 heterocycles. The lowest BCUT2D eigenvalue weighted by Crippen LogP contribution is -2.12. The number of nitrogens with zero attached hydrogens (tertiary/aromatic N) is 2. The van der Waals surface area contributed by atoms with Gasteiger partial charge in [-0.1, -0.05) is 11.3 Å². The third-order valence-electron chi connectivity index (χ3n) is 2.55. The van der Waals surface area contributed by atoms with E-state index in [-0.39, 0.29) is 5.91 Å². The molecule has 0 aliphatic heterocycles. The van der Waals surface area contributed by atoms with Crippen molar-refractivity contribution in [2.45, 2.75) is 6.92 Å². The molecule has 0 aromatic carbocycles. The van der Waals surface area contributed by atoms with Gasteiger partial charge in [-0.15, -0.1) is 0 Å². The number of nitrogens with two attached hydrogens (primary N) is 1. The molecule has 0 aliphatic rings. The van der Waals surface area contributed by atoms with Gasteiger partial charge >= 0.3 is 0 Å². The van der Waals surface area contributed by atoms with Crippen LogP contribution in [-0.4, -0.2) is 36.2 Å². The lowest BCUT2D eigenvalue weighted by atomic mass is 10.3. The van der Waals surface area contributed by atoms with Crippen LogP contribution in [0.15, 0.2) is 18.3 Å². The third-order valence-corrected chi connectivity index (χ3v) is 3.54. The van der Waals surface area contributed by atoms with Gasteiger partial charge in [-0.2, -0.15) is 0 Å². The van der Waals surface area contributed by atoms with Gasteiger partial charge in [0.15, 0.2) is 5.13 Å². The normalized spacial score (nSPS) is 10.4. The number of aromatic nitrogens is 2. The van der Waals surface area contributed by atoms with Gasteiger partial charge < -0.3 is 20.5 Å². The average Bonchev–Trinajstić information content (AvgIpc) is 2.80. The molecule has 8 heteroatoms. The molecule has 2 aromatic rings. The zero-order valence-electron chi connectivity index (χ0n) is 11.8. The molecule has 1 amide bonds. The first-order valence-corrected chi connectivity index (χ1v) is 7.04. The summed E-state index contributed by atoms with van der Waals surface area (Å²) in [6.45, 7) is 2.66. The first-order chi connectivity index (χ1) is 10.1. The van der Waals surface area contributed by atoms with Crippen molar-refractivity contribution >= 4 is 28.1 Å². The molecule has 2 aromatic heterocycles. The Hall–Kier alpha value is -2.19. The Bertz CT molecular complexity index is 612. The number of carbonyl (C=O) groups is 1. The highest BCUT2D eigenvalue weighted by Gasteiger charge is 2.14. The van der Waals surface area contributed by atoms with E-state index in [1.54, 1.807) is 26.2 Å². The number of hydrogen-bond acceptors (Lipinski definition) is 7. The number of ether oxygens (including phenoxy) is 2. The van der Waals surface area contributed by atoms with Gasteiger partial charge in [0, 0.05) is 13.2 Å². The molecule has 3 N–H and O–H groups in total. The van der Waals surface area contributed by atoms with Gasteiger partial charge in [0.2, 0.25) is 5.88 Å². The summed E-state index contributed by atoms with van der Waals surface area (Å²) < 4.78 is 10.2. The number of nitrogens with one attached hydrogen (secondary N) is 1. The van der Waals surface area contributed by atoms with Crippen molar-refractivity contribution in [2.24, 2.45) is 0 Å². The van der Waals surface area contributed by atoms with Crippen molar-refractivity contribution in [3.8, 4) is 5.88 Å². The van der Waals surface area contributed by atoms with Crippen molar-refractivity contribution in [1.29, 1.82) is 0 Å². The molecular formula is C13H16N4O3S. The lowest BCUT2D eigenvalue weighted by Gasteiger charge is -2.06. The molecule has 0 bridgehead atoms. The second-order valence-corrected chi connectivity index (χ2v) is 5.18. The lowest BCUT2D eigenvalue weighted by molar-refractivity contribution is 0.102. The first-order valence-electron chi connectivity index (χ1n) is 6.22. The number of anilines is 2. The van der Waals surface area contributed by atoms with E-state index in [0.29, 0.717) is 40.5 Å². The Labute approximate surface area is 126 Å². The summed E-state index contributed by atoms with van der Waals surface area (Å²) in [5.41, 5.74) is 6.76. The predicted molar refractivity (Wildman–Crippen MR) is 80.8 cm³/mol. The van der Waals surface area contributed by atoms with Gasteiger partial charge in [0.25, 0.3) is 5.91 Å². The van der Waals surface area contributed by atoms with Crippen LogP contribution in [0.3, 0.4) is 0 Å². The summed E-state index contributed by atoms with van der Waals surface area (Å²) in [5, 5.41) is 3.11. The molecule has 0 aliphatic carbocycles. The first kappa shape index (κ1) is 15.2. The van der Waals surface area contributed by atoms with Gasteiger partial charge in [0.05, 0.1) is 24.2 Å². The van der Waals surface area contributed by atoms with E-state index in [1.807, 2.05) is 0 Å². The largest absolute Gasteiger partial charge is 0.475 e. The topological polar surface area (TPSA) is 99.4 Å². The molecule has 21 heavy (non-hydrogen) atoms. The summed E-state index contributed by atoms with van der Waals surface area (Å²) in [5.74, 6) is 0.222. The molecule has 7 nitrogen and oxygen atoms in total. The van der Waals surface area contributed by atoms with Crippen molar-refractivity contribution in [2.75, 3.05) is 31.4 Å². The summed E-state index contributed by atoms with van der Waals surface area (Å²) in [7, 11) is 1.60. The van der Waals surface area contributed by atoms with Gasteiger partial charge in [-0.3, -0.25) is 4.79 Å². The standard InChI is InChI=1S/C13H16N4O3S/c1-8-11(21-13(14)16-8)12(18)17-9-3-4-10(15-7-9)20-6-5-19-2/h3-4,7H,5-6H2,1-2H3,(H2,14,16)(H,17,18). The van der Waals surface area contributed by atoms with Gasteiger partial charge in [-0.05, 0) is 13.0 Å². The van der Waals surface area contributed by atoms with E-state index in [0.717, 1.165) is 11.3 Å². The molecule has 0 fully saturated rings. The van der Waals surface area contributed by atoms with Gasteiger partial charge in [0.1, 0.15) is 11.5 Å². The number of hydrogen-bond donors (Lipinski definition) is 2. The number of pyridine rings is 1. The van der Waals surface area contributed by atoms with Crippen molar-refractivity contribution in [3.63, 3.8) is 0 Å². The van der Waals surface area contributed by atoms with Crippen LogP contribution >= 0.6 is 11.3 Å². The molecule has 0 saturated carbocycles. The average molecular weight is 308 g/mol. The minimum Gasteiger partial charge on any atom is -0.475 e. The summed E-state index contributed by atoms with van der Waals surface area (Å²) in [6, 6.07) is 3.39. The van der Waals surface area contributed by atoms with Crippen molar-refractivity contribution in [1.82, 2.24) is 9.97 Å². The second-order valence-electron chi connectivity index (χ2n) is 4.15. The maximum Gasteiger partial charge on any atom is 0.267 e. The molecule has 0 radical (unpaired) electrons.